The molecule has 1 aliphatic rings. The fourth-order valence-electron chi connectivity index (χ4n) is 3.35. The molecule has 3 rings (SSSR count). The van der Waals surface area contributed by atoms with Crippen molar-refractivity contribution in [3.05, 3.63) is 53.3 Å². The van der Waals surface area contributed by atoms with Gasteiger partial charge in [0, 0.05) is 37.9 Å². The van der Waals surface area contributed by atoms with Crippen molar-refractivity contribution in [1.29, 1.82) is 0 Å². The number of hydrogen-bond acceptors (Lipinski definition) is 4. The van der Waals surface area contributed by atoms with Crippen molar-refractivity contribution < 1.29 is 14.4 Å². The molecule has 0 bridgehead atoms. The lowest BCUT2D eigenvalue weighted by Crippen LogP contribution is -2.30. The first-order valence-electron chi connectivity index (χ1n) is 9.78. The lowest BCUT2D eigenvalue weighted by Gasteiger charge is -2.13. The third kappa shape index (κ3) is 4.65. The van der Waals surface area contributed by atoms with Gasteiger partial charge in [0.15, 0.2) is 0 Å². The van der Waals surface area contributed by atoms with Crippen molar-refractivity contribution in [3.8, 4) is 0 Å². The van der Waals surface area contributed by atoms with Crippen LogP contribution in [0.4, 0.5) is 0 Å². The third-order valence-electron chi connectivity index (χ3n) is 4.96. The maximum atomic E-state index is 12.3. The highest BCUT2D eigenvalue weighted by Crippen LogP contribution is 2.22. The molecule has 148 valence electrons. The van der Waals surface area contributed by atoms with E-state index in [1.165, 1.54) is 4.90 Å². The van der Waals surface area contributed by atoms with Crippen molar-refractivity contribution in [2.24, 2.45) is 0 Å². The molecule has 0 aliphatic carbocycles. The monoisotopic (exact) mass is 382 g/mol. The minimum atomic E-state index is -0.217. The molecular formula is C21H26N4O3. The smallest absolute Gasteiger partial charge is 0.261 e. The van der Waals surface area contributed by atoms with Gasteiger partial charge in [-0.3, -0.25) is 24.0 Å². The lowest BCUT2D eigenvalue weighted by molar-refractivity contribution is -0.121. The summed E-state index contributed by atoms with van der Waals surface area (Å²) in [5, 5.41) is 7.13. The molecule has 2 heterocycles. The van der Waals surface area contributed by atoms with Crippen molar-refractivity contribution in [2.75, 3.05) is 13.1 Å². The number of hydrogen-bond donors (Lipinski definition) is 1. The van der Waals surface area contributed by atoms with E-state index in [9.17, 15) is 14.4 Å². The summed E-state index contributed by atoms with van der Waals surface area (Å²) in [6.07, 6.45) is 5.32. The number of unbranched alkanes of at least 4 members (excludes halogenated alkanes) is 2. The van der Waals surface area contributed by atoms with E-state index >= 15 is 0 Å². The molecule has 0 fully saturated rings. The fraction of sp³-hybridized carbons (Fsp3) is 0.429. The molecule has 2 aromatic rings. The van der Waals surface area contributed by atoms with Crippen LogP contribution in [0.1, 0.15) is 58.5 Å². The number of carbonyl (C=O) groups is 3. The van der Waals surface area contributed by atoms with Crippen molar-refractivity contribution >= 4 is 17.7 Å². The van der Waals surface area contributed by atoms with E-state index in [4.69, 9.17) is 0 Å². The summed E-state index contributed by atoms with van der Waals surface area (Å²) in [5.41, 5.74) is 2.08. The Kier molecular flexibility index (Phi) is 6.57. The number of fused-ring (bicyclic) bond motifs is 1. The van der Waals surface area contributed by atoms with Crippen molar-refractivity contribution in [2.45, 2.75) is 45.6 Å². The van der Waals surface area contributed by atoms with Gasteiger partial charge in [-0.15, -0.1) is 0 Å². The predicted octanol–water partition coefficient (Wildman–Crippen LogP) is 2.55. The van der Waals surface area contributed by atoms with E-state index in [1.807, 2.05) is 17.7 Å². The molecule has 1 aromatic heterocycles. The van der Waals surface area contributed by atoms with Crippen LogP contribution in [0.15, 0.2) is 36.5 Å². The van der Waals surface area contributed by atoms with Crippen LogP contribution in [0, 0.1) is 6.92 Å². The van der Waals surface area contributed by atoms with Gasteiger partial charge in [0.1, 0.15) is 0 Å². The van der Waals surface area contributed by atoms with Gasteiger partial charge in [-0.1, -0.05) is 18.6 Å². The highest BCUT2D eigenvalue weighted by atomic mass is 16.2. The average Bonchev–Trinajstić information content (AvgIpc) is 3.21. The Hall–Kier alpha value is -2.96. The summed E-state index contributed by atoms with van der Waals surface area (Å²) in [4.78, 5) is 37.7. The van der Waals surface area contributed by atoms with Gasteiger partial charge in [-0.2, -0.15) is 5.10 Å². The van der Waals surface area contributed by atoms with E-state index in [0.29, 0.717) is 37.1 Å². The standard InChI is InChI=1S/C21H26N4O3/c1-16-11-13-23-25(16)15-7-12-22-19(26)10-3-2-6-14-24-20(27)17-8-4-5-9-18(17)21(24)28/h4-5,8-9,11,13H,2-3,6-7,10,12,14-15H2,1H3,(H,22,26). The Bertz CT molecular complexity index is 824. The van der Waals surface area contributed by atoms with Crippen LogP contribution < -0.4 is 5.32 Å². The second-order valence-corrected chi connectivity index (χ2v) is 7.02. The first kappa shape index (κ1) is 19.8. The highest BCUT2D eigenvalue weighted by Gasteiger charge is 2.34. The average molecular weight is 382 g/mol. The topological polar surface area (TPSA) is 84.3 Å². The molecule has 0 spiro atoms. The summed E-state index contributed by atoms with van der Waals surface area (Å²) >= 11 is 0. The molecule has 7 nitrogen and oxygen atoms in total. The number of aryl methyl sites for hydroxylation is 2. The molecule has 7 heteroatoms. The van der Waals surface area contributed by atoms with Gasteiger partial charge in [0.2, 0.25) is 5.91 Å². The second-order valence-electron chi connectivity index (χ2n) is 7.02. The number of benzene rings is 1. The Morgan fingerprint density at radius 1 is 0.964 bits per heavy atom. The molecule has 0 unspecified atom stereocenters. The summed E-state index contributed by atoms with van der Waals surface area (Å²) in [6, 6.07) is 8.87. The Balaban J connectivity index is 1.27. The SMILES string of the molecule is Cc1ccnn1CCCNC(=O)CCCCCN1C(=O)c2ccccc2C1=O. The Morgan fingerprint density at radius 2 is 1.68 bits per heavy atom. The van der Waals surface area contributed by atoms with Gasteiger partial charge in [-0.05, 0) is 44.4 Å². The number of nitrogens with one attached hydrogen (secondary N) is 1. The van der Waals surface area contributed by atoms with E-state index < -0.39 is 0 Å². The molecule has 1 aromatic carbocycles. The quantitative estimate of drug-likeness (QED) is 0.506. The zero-order valence-electron chi connectivity index (χ0n) is 16.2. The summed E-state index contributed by atoms with van der Waals surface area (Å²) in [6.45, 7) is 3.83. The summed E-state index contributed by atoms with van der Waals surface area (Å²) in [5.74, 6) is -0.394. The van der Waals surface area contributed by atoms with Crippen LogP contribution >= 0.6 is 0 Å². The fourth-order valence-corrected chi connectivity index (χ4v) is 3.35. The van der Waals surface area contributed by atoms with E-state index in [0.717, 1.165) is 31.5 Å². The number of nitrogens with zero attached hydrogens (tertiary/aromatic N) is 3. The Labute approximate surface area is 164 Å². The van der Waals surface area contributed by atoms with E-state index in [2.05, 4.69) is 10.4 Å². The van der Waals surface area contributed by atoms with Gasteiger partial charge in [0.05, 0.1) is 11.1 Å². The largest absolute Gasteiger partial charge is 0.356 e. The molecule has 1 aliphatic heterocycles. The maximum Gasteiger partial charge on any atom is 0.261 e. The molecule has 0 saturated heterocycles. The number of carbonyl (C=O) groups excluding carboxylic acids is 3. The zero-order chi connectivity index (χ0) is 19.9. The molecule has 3 amide bonds. The van der Waals surface area contributed by atoms with E-state index in [-0.39, 0.29) is 17.7 Å². The molecule has 0 saturated carbocycles. The van der Waals surface area contributed by atoms with Crippen LogP contribution in [-0.2, 0) is 11.3 Å². The van der Waals surface area contributed by atoms with Crippen LogP contribution in [0.3, 0.4) is 0 Å². The van der Waals surface area contributed by atoms with Gasteiger partial charge in [0.25, 0.3) is 11.8 Å². The van der Waals surface area contributed by atoms with Crippen LogP contribution in [0.25, 0.3) is 0 Å². The minimum Gasteiger partial charge on any atom is -0.356 e. The van der Waals surface area contributed by atoms with Gasteiger partial charge >= 0.3 is 0 Å². The van der Waals surface area contributed by atoms with Gasteiger partial charge < -0.3 is 5.32 Å². The maximum absolute atomic E-state index is 12.3. The normalized spacial score (nSPS) is 13.1. The summed E-state index contributed by atoms with van der Waals surface area (Å²) in [7, 11) is 0. The number of imide groups is 1. The first-order chi connectivity index (χ1) is 13.6. The van der Waals surface area contributed by atoms with Gasteiger partial charge in [-0.25, -0.2) is 0 Å². The van der Waals surface area contributed by atoms with Crippen molar-refractivity contribution in [1.82, 2.24) is 20.0 Å². The number of aromatic nitrogens is 2. The molecular weight excluding hydrogens is 356 g/mol. The van der Waals surface area contributed by atoms with Crippen LogP contribution in [0.2, 0.25) is 0 Å². The summed E-state index contributed by atoms with van der Waals surface area (Å²) < 4.78 is 1.92. The third-order valence-corrected chi connectivity index (χ3v) is 4.96. The number of amides is 3. The van der Waals surface area contributed by atoms with E-state index in [1.54, 1.807) is 30.5 Å². The van der Waals surface area contributed by atoms with Crippen LogP contribution in [0.5, 0.6) is 0 Å². The second kappa shape index (κ2) is 9.30. The lowest BCUT2D eigenvalue weighted by atomic mass is 10.1. The zero-order valence-corrected chi connectivity index (χ0v) is 16.2. The first-order valence-corrected chi connectivity index (χ1v) is 9.78. The highest BCUT2D eigenvalue weighted by molar-refractivity contribution is 6.21. The molecule has 0 atom stereocenters. The Morgan fingerprint density at radius 3 is 2.32 bits per heavy atom. The minimum absolute atomic E-state index is 0.0397. The molecule has 1 N–H and O–H groups in total. The molecule has 28 heavy (non-hydrogen) atoms. The van der Waals surface area contributed by atoms with Crippen molar-refractivity contribution in [3.63, 3.8) is 0 Å². The molecule has 0 radical (unpaired) electrons. The van der Waals surface area contributed by atoms with Crippen LogP contribution in [-0.4, -0.2) is 45.5 Å². The predicted molar refractivity (Wildman–Crippen MR) is 105 cm³/mol. The number of rotatable bonds is 10.